The van der Waals surface area contributed by atoms with E-state index >= 15 is 0 Å². The Bertz CT molecular complexity index is 275. The van der Waals surface area contributed by atoms with Gasteiger partial charge in [-0.25, -0.2) is 0 Å². The Morgan fingerprint density at radius 1 is 0.762 bits per heavy atom. The molecule has 0 aromatic carbocycles. The van der Waals surface area contributed by atoms with Gasteiger partial charge in [-0.05, 0) is 51.4 Å². The van der Waals surface area contributed by atoms with Gasteiger partial charge in [-0.1, -0.05) is 25.7 Å². The van der Waals surface area contributed by atoms with Crippen LogP contribution in [-0.2, 0) is 8.85 Å². The summed E-state index contributed by atoms with van der Waals surface area (Å²) >= 11 is 0. The Hall–Kier alpha value is 0.0569. The highest BCUT2D eigenvalue weighted by Crippen LogP contribution is 2.29. The van der Waals surface area contributed by atoms with Crippen molar-refractivity contribution in [1.29, 1.82) is 0 Å². The molecule has 0 heterocycles. The first-order valence-electron chi connectivity index (χ1n) is 8.76. The standard InChI is InChI=1S/C16H34N2O2Si/c1-13(15-9-5-6-10-15)17-21(19-3,20-4)18-14(2)16-11-7-8-12-16/h13-18H,5-12H2,1-4H3. The molecule has 2 aliphatic carbocycles. The molecule has 4 nitrogen and oxygen atoms in total. The predicted octanol–water partition coefficient (Wildman–Crippen LogP) is 3.05. The molecule has 0 bridgehead atoms. The molecule has 2 saturated carbocycles. The lowest BCUT2D eigenvalue weighted by atomic mass is 10.0. The fourth-order valence-electron chi connectivity index (χ4n) is 4.11. The van der Waals surface area contributed by atoms with Crippen molar-refractivity contribution in [2.45, 2.75) is 77.3 Å². The summed E-state index contributed by atoms with van der Waals surface area (Å²) in [5, 5.41) is 0. The monoisotopic (exact) mass is 314 g/mol. The first kappa shape index (κ1) is 17.4. The van der Waals surface area contributed by atoms with Gasteiger partial charge in [0.05, 0.1) is 0 Å². The third kappa shape index (κ3) is 4.52. The van der Waals surface area contributed by atoms with E-state index in [4.69, 9.17) is 8.85 Å². The molecule has 2 fully saturated rings. The largest absolute Gasteiger partial charge is 0.516 e. The average molecular weight is 315 g/mol. The first-order valence-corrected chi connectivity index (χ1v) is 10.6. The van der Waals surface area contributed by atoms with E-state index in [2.05, 4.69) is 23.8 Å². The number of hydrogen-bond donors (Lipinski definition) is 2. The van der Waals surface area contributed by atoms with Crippen molar-refractivity contribution in [3.63, 3.8) is 0 Å². The van der Waals surface area contributed by atoms with Crippen molar-refractivity contribution in [3.05, 3.63) is 0 Å². The fourth-order valence-corrected chi connectivity index (χ4v) is 6.50. The number of hydrogen-bond acceptors (Lipinski definition) is 4. The molecule has 2 rings (SSSR count). The van der Waals surface area contributed by atoms with E-state index in [1.807, 2.05) is 0 Å². The summed E-state index contributed by atoms with van der Waals surface area (Å²) < 4.78 is 11.7. The minimum atomic E-state index is -2.50. The minimum Gasteiger partial charge on any atom is -0.374 e. The van der Waals surface area contributed by atoms with E-state index in [1.165, 1.54) is 51.4 Å². The molecule has 2 N–H and O–H groups in total. The van der Waals surface area contributed by atoms with Gasteiger partial charge < -0.3 is 8.85 Å². The SMILES string of the molecule is CO[Si](NC(C)C1CCCC1)(NC(C)C1CCCC1)OC. The van der Waals surface area contributed by atoms with Crippen molar-refractivity contribution in [1.82, 2.24) is 9.96 Å². The molecule has 124 valence electrons. The molecule has 0 amide bonds. The highest BCUT2D eigenvalue weighted by Gasteiger charge is 2.43. The molecular weight excluding hydrogens is 280 g/mol. The van der Waals surface area contributed by atoms with Crippen molar-refractivity contribution >= 4 is 8.88 Å². The van der Waals surface area contributed by atoms with Gasteiger partial charge in [0.15, 0.2) is 0 Å². The summed E-state index contributed by atoms with van der Waals surface area (Å²) in [5.41, 5.74) is 0. The van der Waals surface area contributed by atoms with E-state index in [1.54, 1.807) is 14.2 Å². The quantitative estimate of drug-likeness (QED) is 0.676. The lowest BCUT2D eigenvalue weighted by Gasteiger charge is -2.36. The van der Waals surface area contributed by atoms with Crippen LogP contribution in [0.4, 0.5) is 0 Å². The molecule has 2 unspecified atom stereocenters. The van der Waals surface area contributed by atoms with E-state index < -0.39 is 8.88 Å². The zero-order valence-electron chi connectivity index (χ0n) is 14.3. The highest BCUT2D eigenvalue weighted by molar-refractivity contribution is 6.62. The Labute approximate surface area is 131 Å². The van der Waals surface area contributed by atoms with Crippen molar-refractivity contribution in [3.8, 4) is 0 Å². The summed E-state index contributed by atoms with van der Waals surface area (Å²) in [5.74, 6) is 1.54. The van der Waals surface area contributed by atoms with Gasteiger partial charge in [-0.15, -0.1) is 0 Å². The second-order valence-corrected chi connectivity index (χ2v) is 9.61. The second kappa shape index (κ2) is 8.06. The van der Waals surface area contributed by atoms with Crippen LogP contribution in [0.1, 0.15) is 65.2 Å². The lowest BCUT2D eigenvalue weighted by Crippen LogP contribution is -2.71. The highest BCUT2D eigenvalue weighted by atomic mass is 28.4. The average Bonchev–Trinajstić information content (AvgIpc) is 3.18. The van der Waals surface area contributed by atoms with Crippen LogP contribution in [0.3, 0.4) is 0 Å². The normalized spacial score (nSPS) is 24.6. The van der Waals surface area contributed by atoms with E-state index in [0.29, 0.717) is 12.1 Å². The Morgan fingerprint density at radius 3 is 1.38 bits per heavy atom. The van der Waals surface area contributed by atoms with Gasteiger partial charge >= 0.3 is 8.88 Å². The van der Waals surface area contributed by atoms with E-state index in [9.17, 15) is 0 Å². The summed E-state index contributed by atoms with van der Waals surface area (Å²) in [6.07, 6.45) is 10.8. The number of nitrogens with one attached hydrogen (secondary N) is 2. The Kier molecular flexibility index (Phi) is 6.68. The molecule has 0 spiro atoms. The fraction of sp³-hybridized carbons (Fsp3) is 1.00. The molecule has 2 aliphatic rings. The van der Waals surface area contributed by atoms with Gasteiger partial charge in [0.1, 0.15) is 0 Å². The summed E-state index contributed by atoms with van der Waals surface area (Å²) in [6.45, 7) is 4.58. The van der Waals surface area contributed by atoms with Crippen LogP contribution >= 0.6 is 0 Å². The minimum absolute atomic E-state index is 0.461. The van der Waals surface area contributed by atoms with Crippen LogP contribution in [-0.4, -0.2) is 35.2 Å². The van der Waals surface area contributed by atoms with Gasteiger partial charge in [-0.2, -0.15) is 0 Å². The molecule has 0 radical (unpaired) electrons. The van der Waals surface area contributed by atoms with Gasteiger partial charge in [-0.3, -0.25) is 9.96 Å². The van der Waals surface area contributed by atoms with Crippen molar-refractivity contribution in [2.75, 3.05) is 14.2 Å². The van der Waals surface area contributed by atoms with Crippen LogP contribution in [0.2, 0.25) is 0 Å². The Morgan fingerprint density at radius 2 is 1.10 bits per heavy atom. The zero-order chi connectivity index (χ0) is 15.3. The summed E-state index contributed by atoms with van der Waals surface area (Å²) in [4.78, 5) is 7.42. The first-order chi connectivity index (χ1) is 10.1. The van der Waals surface area contributed by atoms with Gasteiger partial charge in [0.25, 0.3) is 0 Å². The van der Waals surface area contributed by atoms with Crippen LogP contribution < -0.4 is 9.96 Å². The summed E-state index contributed by atoms with van der Waals surface area (Å²) in [7, 11) is 1.05. The topological polar surface area (TPSA) is 42.5 Å². The molecule has 0 aromatic rings. The predicted molar refractivity (Wildman–Crippen MR) is 88.9 cm³/mol. The zero-order valence-corrected chi connectivity index (χ0v) is 15.3. The van der Waals surface area contributed by atoms with Crippen LogP contribution in [0.25, 0.3) is 0 Å². The third-order valence-electron chi connectivity index (χ3n) is 5.62. The molecule has 0 aromatic heterocycles. The van der Waals surface area contributed by atoms with Crippen molar-refractivity contribution < 1.29 is 8.85 Å². The van der Waals surface area contributed by atoms with Gasteiger partial charge in [0.2, 0.25) is 0 Å². The van der Waals surface area contributed by atoms with Crippen LogP contribution in [0.5, 0.6) is 0 Å². The summed E-state index contributed by atoms with van der Waals surface area (Å²) in [6, 6.07) is 0.921. The lowest BCUT2D eigenvalue weighted by molar-refractivity contribution is 0.188. The second-order valence-electron chi connectivity index (χ2n) is 6.98. The Balaban J connectivity index is 1.93. The van der Waals surface area contributed by atoms with E-state index in [0.717, 1.165) is 11.8 Å². The van der Waals surface area contributed by atoms with Crippen molar-refractivity contribution in [2.24, 2.45) is 11.8 Å². The molecule has 5 heteroatoms. The van der Waals surface area contributed by atoms with Gasteiger partial charge in [0, 0.05) is 26.3 Å². The molecule has 0 saturated heterocycles. The maximum Gasteiger partial charge on any atom is 0.516 e. The molecular formula is C16H34N2O2Si. The van der Waals surface area contributed by atoms with Crippen LogP contribution in [0, 0.1) is 11.8 Å². The maximum absolute atomic E-state index is 5.84. The molecule has 0 aliphatic heterocycles. The third-order valence-corrected chi connectivity index (χ3v) is 8.44. The van der Waals surface area contributed by atoms with E-state index in [-0.39, 0.29) is 0 Å². The molecule has 2 atom stereocenters. The smallest absolute Gasteiger partial charge is 0.374 e. The van der Waals surface area contributed by atoms with Crippen LogP contribution in [0.15, 0.2) is 0 Å². The molecule has 21 heavy (non-hydrogen) atoms. The number of rotatable bonds is 8. The maximum atomic E-state index is 5.84.